The van der Waals surface area contributed by atoms with Gasteiger partial charge in [-0.15, -0.1) is 0 Å². The highest BCUT2D eigenvalue weighted by molar-refractivity contribution is 6.00. The van der Waals surface area contributed by atoms with Gasteiger partial charge in [0.25, 0.3) is 0 Å². The molecule has 0 aliphatic heterocycles. The van der Waals surface area contributed by atoms with Gasteiger partial charge < -0.3 is 40.7 Å². The van der Waals surface area contributed by atoms with E-state index >= 15 is 0 Å². The van der Waals surface area contributed by atoms with Crippen LogP contribution in [-0.2, 0) is 22.5 Å². The maximum atomic E-state index is 12.6. The minimum Gasteiger partial charge on any atom is -0.508 e. The van der Waals surface area contributed by atoms with Gasteiger partial charge in [-0.1, -0.05) is 73.5 Å². The highest BCUT2D eigenvalue weighted by Crippen LogP contribution is 2.24. The van der Waals surface area contributed by atoms with E-state index in [1.807, 2.05) is 78.9 Å². The van der Waals surface area contributed by atoms with Crippen molar-refractivity contribution >= 4 is 17.4 Å². The fraction of sp³-hybridized carbons (Fsp3) is 0.342. The lowest BCUT2D eigenvalue weighted by Crippen LogP contribution is -2.22. The van der Waals surface area contributed by atoms with E-state index < -0.39 is 6.10 Å². The molecule has 2 amide bonds. The number of rotatable bonds is 20. The maximum absolute atomic E-state index is 12.6. The molecule has 0 radical (unpaired) electrons. The van der Waals surface area contributed by atoms with Gasteiger partial charge >= 0.3 is 6.03 Å². The van der Waals surface area contributed by atoms with Crippen molar-refractivity contribution in [2.24, 2.45) is 0 Å². The van der Waals surface area contributed by atoms with Crippen LogP contribution < -0.4 is 16.0 Å². The number of benzene rings is 4. The Hall–Kier alpha value is -4.25. The Bertz CT molecular complexity index is 1500. The van der Waals surface area contributed by atoms with Gasteiger partial charge in [0.1, 0.15) is 5.75 Å². The first kappa shape index (κ1) is 35.6. The van der Waals surface area contributed by atoms with Crippen LogP contribution in [-0.4, -0.2) is 60.9 Å². The Morgan fingerprint density at radius 3 is 2.26 bits per heavy atom. The standard InChI is InChI=1S/C38H47N3O6/c42-20-18-33-25-32(16-17-36(33)43)37(44)27-39-19-6-1-2-7-21-46-22-23-47-28-29-10-8-14-34(24-29)40-38(45)41-35-15-9-13-31(26-35)30-11-4-3-5-12-30/h3-5,8-17,24-26,37,39,42-44H,1-2,6-7,18-23,27-28H2,(H2,40,41,45)/t37-/m1/s1. The average molecular weight is 642 g/mol. The molecule has 6 N–H and O–H groups in total. The van der Waals surface area contributed by atoms with Crippen molar-refractivity contribution in [1.82, 2.24) is 5.32 Å². The molecule has 0 aliphatic carbocycles. The summed E-state index contributed by atoms with van der Waals surface area (Å²) >= 11 is 0. The molecule has 0 heterocycles. The van der Waals surface area contributed by atoms with Crippen LogP contribution in [0.1, 0.15) is 48.5 Å². The van der Waals surface area contributed by atoms with Crippen molar-refractivity contribution in [2.45, 2.75) is 44.8 Å². The SMILES string of the molecule is O=C(Nc1cccc(COCCOCCCCCCNC[C@@H](O)c2ccc(O)c(CCO)c2)c1)Nc1cccc(-c2ccccc2)c1. The summed E-state index contributed by atoms with van der Waals surface area (Å²) in [7, 11) is 0. The summed E-state index contributed by atoms with van der Waals surface area (Å²) in [6.07, 6.45) is 3.84. The molecule has 0 spiro atoms. The molecule has 0 aromatic heterocycles. The molecule has 250 valence electrons. The number of unbranched alkanes of at least 4 members (excludes halogenated alkanes) is 3. The van der Waals surface area contributed by atoms with Gasteiger partial charge in [0.05, 0.1) is 25.9 Å². The molecule has 4 aromatic carbocycles. The third-order valence-corrected chi connectivity index (χ3v) is 7.65. The second-order valence-corrected chi connectivity index (χ2v) is 11.4. The fourth-order valence-corrected chi connectivity index (χ4v) is 5.15. The van der Waals surface area contributed by atoms with E-state index in [4.69, 9.17) is 14.6 Å². The Morgan fingerprint density at radius 2 is 1.45 bits per heavy atom. The third-order valence-electron chi connectivity index (χ3n) is 7.65. The number of carbonyl (C=O) groups excluding carboxylic acids is 1. The predicted octanol–water partition coefficient (Wildman–Crippen LogP) is 6.65. The van der Waals surface area contributed by atoms with E-state index in [-0.39, 0.29) is 18.4 Å². The summed E-state index contributed by atoms with van der Waals surface area (Å²) in [6.45, 7) is 3.34. The largest absolute Gasteiger partial charge is 0.508 e. The molecule has 0 fully saturated rings. The zero-order chi connectivity index (χ0) is 33.1. The lowest BCUT2D eigenvalue weighted by atomic mass is 10.0. The first-order chi connectivity index (χ1) is 23.0. The fourth-order valence-electron chi connectivity index (χ4n) is 5.15. The summed E-state index contributed by atoms with van der Waals surface area (Å²) in [5.74, 6) is 0.139. The first-order valence-corrected chi connectivity index (χ1v) is 16.3. The summed E-state index contributed by atoms with van der Waals surface area (Å²) < 4.78 is 11.5. The number of phenolic OH excluding ortho intramolecular Hbond substituents is 1. The van der Waals surface area contributed by atoms with Crippen molar-refractivity contribution in [3.8, 4) is 16.9 Å². The monoisotopic (exact) mass is 641 g/mol. The molecular weight excluding hydrogens is 594 g/mol. The molecule has 0 saturated heterocycles. The maximum Gasteiger partial charge on any atom is 0.323 e. The Labute approximate surface area is 277 Å². The van der Waals surface area contributed by atoms with Crippen molar-refractivity contribution in [3.63, 3.8) is 0 Å². The normalized spacial score (nSPS) is 11.7. The molecule has 1 atom stereocenters. The lowest BCUT2D eigenvalue weighted by Gasteiger charge is -2.14. The Morgan fingerprint density at radius 1 is 0.723 bits per heavy atom. The van der Waals surface area contributed by atoms with Crippen molar-refractivity contribution in [2.75, 3.05) is 50.2 Å². The number of urea groups is 1. The van der Waals surface area contributed by atoms with Crippen LogP contribution in [0.2, 0.25) is 0 Å². The number of hydrogen-bond acceptors (Lipinski definition) is 7. The number of ether oxygens (including phenoxy) is 2. The van der Waals surface area contributed by atoms with Crippen molar-refractivity contribution < 1.29 is 29.6 Å². The van der Waals surface area contributed by atoms with Crippen LogP contribution in [0.4, 0.5) is 16.2 Å². The van der Waals surface area contributed by atoms with Gasteiger partial charge in [0, 0.05) is 31.1 Å². The number of carbonyl (C=O) groups is 1. The van der Waals surface area contributed by atoms with Crippen LogP contribution in [0.25, 0.3) is 11.1 Å². The predicted molar refractivity (Wildman–Crippen MR) is 187 cm³/mol. The van der Waals surface area contributed by atoms with Gasteiger partial charge in [-0.25, -0.2) is 4.79 Å². The van der Waals surface area contributed by atoms with Crippen LogP contribution in [0.3, 0.4) is 0 Å². The number of amides is 2. The highest BCUT2D eigenvalue weighted by Gasteiger charge is 2.10. The van der Waals surface area contributed by atoms with E-state index in [9.17, 15) is 15.0 Å². The zero-order valence-electron chi connectivity index (χ0n) is 26.9. The van der Waals surface area contributed by atoms with E-state index in [1.54, 1.807) is 18.2 Å². The molecular formula is C38H47N3O6. The van der Waals surface area contributed by atoms with Gasteiger partial charge in [-0.3, -0.25) is 0 Å². The van der Waals surface area contributed by atoms with E-state index in [2.05, 4.69) is 16.0 Å². The van der Waals surface area contributed by atoms with Gasteiger partial charge in [0.2, 0.25) is 0 Å². The Kier molecular flexibility index (Phi) is 15.2. The first-order valence-electron chi connectivity index (χ1n) is 16.3. The number of nitrogens with one attached hydrogen (secondary N) is 3. The molecule has 0 aliphatic rings. The number of aliphatic hydroxyl groups excluding tert-OH is 2. The number of anilines is 2. The number of phenols is 1. The van der Waals surface area contributed by atoms with Crippen molar-refractivity contribution in [3.05, 3.63) is 114 Å². The number of aromatic hydroxyl groups is 1. The van der Waals surface area contributed by atoms with E-state index in [1.165, 1.54) is 0 Å². The summed E-state index contributed by atoms with van der Waals surface area (Å²) in [6, 6.07) is 30.1. The summed E-state index contributed by atoms with van der Waals surface area (Å²) in [4.78, 5) is 12.6. The molecule has 0 unspecified atom stereocenters. The van der Waals surface area contributed by atoms with Gasteiger partial charge in [-0.05, 0) is 90.0 Å². The highest BCUT2D eigenvalue weighted by atomic mass is 16.5. The van der Waals surface area contributed by atoms with Gasteiger partial charge in [0.15, 0.2) is 0 Å². The molecule has 47 heavy (non-hydrogen) atoms. The number of aliphatic hydroxyl groups is 2. The lowest BCUT2D eigenvalue weighted by molar-refractivity contribution is 0.0393. The molecule has 4 aromatic rings. The van der Waals surface area contributed by atoms with Crippen LogP contribution in [0.5, 0.6) is 5.75 Å². The van der Waals surface area contributed by atoms with Crippen LogP contribution in [0, 0.1) is 0 Å². The summed E-state index contributed by atoms with van der Waals surface area (Å²) in [5, 5.41) is 38.4. The van der Waals surface area contributed by atoms with Gasteiger partial charge in [-0.2, -0.15) is 0 Å². The quantitative estimate of drug-likeness (QED) is 0.0595. The van der Waals surface area contributed by atoms with Crippen molar-refractivity contribution in [1.29, 1.82) is 0 Å². The van der Waals surface area contributed by atoms with Crippen LogP contribution in [0.15, 0.2) is 97.1 Å². The molecule has 4 rings (SSSR count). The minimum atomic E-state index is -0.662. The Balaban J connectivity index is 1.01. The molecule has 0 saturated carbocycles. The molecule has 9 heteroatoms. The second-order valence-electron chi connectivity index (χ2n) is 11.4. The number of hydrogen-bond donors (Lipinski definition) is 6. The third kappa shape index (κ3) is 12.8. The van der Waals surface area contributed by atoms with Crippen LogP contribution >= 0.6 is 0 Å². The van der Waals surface area contributed by atoms with E-state index in [0.717, 1.165) is 54.5 Å². The molecule has 9 nitrogen and oxygen atoms in total. The minimum absolute atomic E-state index is 0.0471. The smallest absolute Gasteiger partial charge is 0.323 e. The topological polar surface area (TPSA) is 132 Å². The second kappa shape index (κ2) is 20.1. The summed E-state index contributed by atoms with van der Waals surface area (Å²) in [5.41, 5.74) is 5.86. The zero-order valence-corrected chi connectivity index (χ0v) is 26.9. The van der Waals surface area contributed by atoms with E-state index in [0.29, 0.717) is 56.3 Å². The average Bonchev–Trinajstić information content (AvgIpc) is 3.08. The molecule has 0 bridgehead atoms.